The van der Waals surface area contributed by atoms with Gasteiger partial charge in [-0.15, -0.1) is 11.6 Å². The first-order valence-electron chi connectivity index (χ1n) is 12.3. The minimum absolute atomic E-state index is 0.100. The first-order chi connectivity index (χ1) is 16.8. The lowest BCUT2D eigenvalue weighted by Gasteiger charge is -2.38. The molecule has 1 aromatic carbocycles. The third-order valence-corrected chi connectivity index (χ3v) is 7.56. The fourth-order valence-electron chi connectivity index (χ4n) is 5.36. The van der Waals surface area contributed by atoms with E-state index in [2.05, 4.69) is 15.5 Å². The number of phenolic OH excluding ortho intramolecular Hbond substituents is 2. The number of aromatic hydroxyl groups is 2. The summed E-state index contributed by atoms with van der Waals surface area (Å²) in [6, 6.07) is 2.87. The number of hydrogen-bond donors (Lipinski definition) is 4. The van der Waals surface area contributed by atoms with Gasteiger partial charge in [0.25, 0.3) is 0 Å². The number of benzene rings is 1. The lowest BCUT2D eigenvalue weighted by Crippen LogP contribution is -2.48. The fraction of sp³-hybridized carbons (Fsp3) is 0.538. The van der Waals surface area contributed by atoms with Crippen molar-refractivity contribution >= 4 is 23.2 Å². The maximum Gasteiger partial charge on any atom is 0.177 e. The molecule has 3 aliphatic rings. The monoisotopic (exact) mass is 502 g/mol. The van der Waals surface area contributed by atoms with Gasteiger partial charge in [0.15, 0.2) is 11.6 Å². The zero-order valence-corrected chi connectivity index (χ0v) is 21.1. The Morgan fingerprint density at radius 2 is 1.54 bits per heavy atom. The van der Waals surface area contributed by atoms with Crippen LogP contribution in [-0.4, -0.2) is 90.3 Å². The molecule has 0 saturated carbocycles. The van der Waals surface area contributed by atoms with E-state index >= 15 is 0 Å². The number of phenols is 2. The van der Waals surface area contributed by atoms with Crippen molar-refractivity contribution in [2.75, 3.05) is 52.7 Å². The molecule has 1 heterocycles. The highest BCUT2D eigenvalue weighted by Gasteiger charge is 2.48. The van der Waals surface area contributed by atoms with Crippen molar-refractivity contribution in [1.29, 1.82) is 0 Å². The van der Waals surface area contributed by atoms with Gasteiger partial charge in [-0.05, 0) is 57.8 Å². The molecule has 35 heavy (non-hydrogen) atoms. The molecule has 2 aliphatic carbocycles. The van der Waals surface area contributed by atoms with Crippen molar-refractivity contribution in [2.45, 2.75) is 25.3 Å². The zero-order chi connectivity index (χ0) is 25.1. The summed E-state index contributed by atoms with van der Waals surface area (Å²) in [6.07, 6.45) is 7.13. The summed E-state index contributed by atoms with van der Waals surface area (Å²) in [4.78, 5) is 31.7. The highest BCUT2D eigenvalue weighted by molar-refractivity contribution is 6.20. The van der Waals surface area contributed by atoms with Gasteiger partial charge in [-0.1, -0.05) is 6.42 Å². The maximum atomic E-state index is 13.7. The van der Waals surface area contributed by atoms with Crippen LogP contribution in [0.3, 0.4) is 0 Å². The number of rotatable bonds is 9. The lowest BCUT2D eigenvalue weighted by atomic mass is 9.68. The lowest BCUT2D eigenvalue weighted by molar-refractivity contribution is 0.0768. The number of nitrogens with one attached hydrogen (secondary N) is 2. The Labute approximate surface area is 211 Å². The maximum absolute atomic E-state index is 13.7. The van der Waals surface area contributed by atoms with Crippen LogP contribution in [0.1, 0.15) is 40.0 Å². The average molecular weight is 503 g/mol. The minimum Gasteiger partial charge on any atom is -0.507 e. The van der Waals surface area contributed by atoms with Gasteiger partial charge in [-0.25, -0.2) is 0 Å². The van der Waals surface area contributed by atoms with E-state index in [1.165, 1.54) is 18.6 Å². The van der Waals surface area contributed by atoms with E-state index in [0.717, 1.165) is 32.5 Å². The van der Waals surface area contributed by atoms with Gasteiger partial charge >= 0.3 is 0 Å². The summed E-state index contributed by atoms with van der Waals surface area (Å²) in [5.41, 5.74) is 1.10. The van der Waals surface area contributed by atoms with Crippen LogP contribution in [0.2, 0.25) is 0 Å². The molecule has 0 aromatic heterocycles. The van der Waals surface area contributed by atoms with Crippen LogP contribution in [0, 0.1) is 11.8 Å². The molecule has 0 bridgehead atoms. The van der Waals surface area contributed by atoms with Gasteiger partial charge in [0, 0.05) is 49.5 Å². The minimum atomic E-state index is -0.792. The highest BCUT2D eigenvalue weighted by Crippen LogP contribution is 2.44. The topological polar surface area (TPSA) is 105 Å². The molecule has 190 valence electrons. The SMILES string of the molecule is CN(C)CCNC1=CC=C(NCCN2CCCCC2CCl)C2C(=O)c3c(O)ccc(O)c3C(=O)C12. The quantitative estimate of drug-likeness (QED) is 0.301. The zero-order valence-electron chi connectivity index (χ0n) is 20.4. The molecule has 0 spiro atoms. The predicted molar refractivity (Wildman–Crippen MR) is 136 cm³/mol. The van der Waals surface area contributed by atoms with Crippen LogP contribution < -0.4 is 10.6 Å². The molecule has 4 rings (SSSR count). The largest absolute Gasteiger partial charge is 0.507 e. The summed E-state index contributed by atoms with van der Waals surface area (Å²) in [5.74, 6) is -2.29. The normalized spacial score (nSPS) is 24.5. The highest BCUT2D eigenvalue weighted by atomic mass is 35.5. The molecule has 1 saturated heterocycles. The van der Waals surface area contributed by atoms with Gasteiger partial charge in [0.1, 0.15) is 11.5 Å². The average Bonchev–Trinajstić information content (AvgIpc) is 2.84. The van der Waals surface area contributed by atoms with E-state index in [4.69, 9.17) is 11.6 Å². The molecule has 0 radical (unpaired) electrons. The second kappa shape index (κ2) is 11.0. The molecule has 1 aromatic rings. The smallest absolute Gasteiger partial charge is 0.177 e. The van der Waals surface area contributed by atoms with Gasteiger partial charge in [0.05, 0.1) is 23.0 Å². The van der Waals surface area contributed by atoms with Crippen molar-refractivity contribution in [1.82, 2.24) is 20.4 Å². The number of piperidine rings is 1. The van der Waals surface area contributed by atoms with E-state index in [1.807, 2.05) is 31.1 Å². The van der Waals surface area contributed by atoms with Crippen molar-refractivity contribution in [3.8, 4) is 11.5 Å². The first-order valence-corrected chi connectivity index (χ1v) is 12.8. The van der Waals surface area contributed by atoms with Crippen LogP contribution in [0.25, 0.3) is 0 Å². The number of fused-ring (bicyclic) bond motifs is 2. The number of halogens is 1. The molecular weight excluding hydrogens is 468 g/mol. The Bertz CT molecular complexity index is 1040. The van der Waals surface area contributed by atoms with Crippen molar-refractivity contribution < 1.29 is 19.8 Å². The predicted octanol–water partition coefficient (Wildman–Crippen LogP) is 2.32. The number of carbonyl (C=O) groups is 2. The number of likely N-dealkylation sites (N-methyl/N-ethyl adjacent to an activating group) is 1. The van der Waals surface area contributed by atoms with E-state index in [9.17, 15) is 19.8 Å². The van der Waals surface area contributed by atoms with Gasteiger partial charge < -0.3 is 25.7 Å². The van der Waals surface area contributed by atoms with Crippen molar-refractivity contribution in [3.05, 3.63) is 46.8 Å². The number of likely N-dealkylation sites (tertiary alicyclic amines) is 1. The number of Topliss-reactive ketones (excluding diaryl/α,β-unsaturated/α-hetero) is 2. The number of carbonyl (C=O) groups excluding carboxylic acids is 2. The molecule has 9 heteroatoms. The van der Waals surface area contributed by atoms with Gasteiger partial charge in [0.2, 0.25) is 0 Å². The second-order valence-corrected chi connectivity index (χ2v) is 10.1. The molecule has 1 aliphatic heterocycles. The van der Waals surface area contributed by atoms with Crippen LogP contribution in [0.4, 0.5) is 0 Å². The van der Waals surface area contributed by atoms with E-state index < -0.39 is 11.8 Å². The Balaban J connectivity index is 1.60. The molecule has 4 N–H and O–H groups in total. The number of hydrogen-bond acceptors (Lipinski definition) is 8. The number of allylic oxidation sites excluding steroid dienone is 4. The Hall–Kier alpha value is -2.55. The van der Waals surface area contributed by atoms with Gasteiger partial charge in [-0.3, -0.25) is 14.5 Å². The van der Waals surface area contributed by atoms with Crippen LogP contribution in [-0.2, 0) is 0 Å². The third kappa shape index (κ3) is 5.20. The second-order valence-electron chi connectivity index (χ2n) is 9.78. The number of alkyl halides is 1. The van der Waals surface area contributed by atoms with Crippen molar-refractivity contribution in [2.24, 2.45) is 11.8 Å². The molecule has 3 atom stereocenters. The molecule has 3 unspecified atom stereocenters. The summed E-state index contributed by atoms with van der Waals surface area (Å²) < 4.78 is 0. The molecule has 8 nitrogen and oxygen atoms in total. The Morgan fingerprint density at radius 3 is 2.09 bits per heavy atom. The fourth-order valence-corrected chi connectivity index (χ4v) is 5.71. The van der Waals surface area contributed by atoms with E-state index in [0.29, 0.717) is 36.4 Å². The number of ketones is 2. The Kier molecular flexibility index (Phi) is 8.04. The Morgan fingerprint density at radius 1 is 0.971 bits per heavy atom. The van der Waals surface area contributed by atoms with Crippen LogP contribution in [0.5, 0.6) is 11.5 Å². The first kappa shape index (κ1) is 25.5. The van der Waals surface area contributed by atoms with Crippen LogP contribution in [0.15, 0.2) is 35.7 Å². The van der Waals surface area contributed by atoms with E-state index in [1.54, 1.807) is 0 Å². The van der Waals surface area contributed by atoms with Crippen molar-refractivity contribution in [3.63, 3.8) is 0 Å². The van der Waals surface area contributed by atoms with Gasteiger partial charge in [-0.2, -0.15) is 0 Å². The standard InChI is InChI=1S/C26H35ClN4O4/c1-30(2)13-10-28-17-6-7-18(29-11-14-31-12-4-3-5-16(31)15-27)22-21(17)25(34)23-19(32)8-9-20(33)24(23)26(22)35/h6-9,16,21-22,28-29,32-33H,3-5,10-15H2,1-2H3. The van der Waals surface area contributed by atoms with E-state index in [-0.39, 0.29) is 34.2 Å². The summed E-state index contributed by atoms with van der Waals surface area (Å²) in [6.45, 7) is 3.76. The molecular formula is C26H35ClN4O4. The number of nitrogens with zero attached hydrogens (tertiary/aromatic N) is 2. The summed E-state index contributed by atoms with van der Waals surface area (Å²) in [5, 5.41) is 27.6. The third-order valence-electron chi connectivity index (χ3n) is 7.21. The molecule has 0 amide bonds. The summed E-state index contributed by atoms with van der Waals surface area (Å²) >= 11 is 6.16. The summed E-state index contributed by atoms with van der Waals surface area (Å²) in [7, 11) is 3.93. The molecule has 1 fully saturated rings. The van der Waals surface area contributed by atoms with Crippen LogP contribution >= 0.6 is 11.6 Å².